The van der Waals surface area contributed by atoms with Gasteiger partial charge in [-0.05, 0) is 17.7 Å². The molecule has 1 heterocycles. The first kappa shape index (κ1) is 25.9. The van der Waals surface area contributed by atoms with Gasteiger partial charge in [-0.25, -0.2) is 4.98 Å². The molecule has 0 radical (unpaired) electrons. The van der Waals surface area contributed by atoms with Gasteiger partial charge in [-0.15, -0.1) is 11.3 Å². The average molecular weight is 516 g/mol. The van der Waals surface area contributed by atoms with Crippen molar-refractivity contribution in [1.29, 1.82) is 0 Å². The maximum absolute atomic E-state index is 12.7. The molecule has 3 rings (SSSR count). The lowest BCUT2D eigenvalue weighted by Crippen LogP contribution is -2.31. The Hall–Kier alpha value is -3.76. The predicted octanol–water partition coefficient (Wildman–Crippen LogP) is 3.56. The molecule has 9 nitrogen and oxygen atoms in total. The van der Waals surface area contributed by atoms with Gasteiger partial charge in [0.1, 0.15) is 0 Å². The molecule has 182 valence electrons. The fraction of sp³-hybridized carbons (Fsp3) is 0.208. The van der Waals surface area contributed by atoms with Crippen molar-refractivity contribution in [3.05, 3.63) is 81.8 Å². The molecule has 2 N–H and O–H groups in total. The van der Waals surface area contributed by atoms with Crippen LogP contribution in [0.3, 0.4) is 0 Å². The molecule has 0 aliphatic heterocycles. The summed E-state index contributed by atoms with van der Waals surface area (Å²) in [5, 5.41) is 7.47. The maximum Gasteiger partial charge on any atom is 0.311 e. The Morgan fingerprint density at radius 3 is 2.46 bits per heavy atom. The maximum atomic E-state index is 12.7. The van der Waals surface area contributed by atoms with Crippen molar-refractivity contribution < 1.29 is 28.7 Å². The van der Waals surface area contributed by atoms with Crippen LogP contribution in [0.4, 0.5) is 5.13 Å². The summed E-state index contributed by atoms with van der Waals surface area (Å²) in [7, 11) is 1.27. The van der Waals surface area contributed by atoms with E-state index in [1.165, 1.54) is 7.11 Å². The van der Waals surface area contributed by atoms with Gasteiger partial charge in [0.15, 0.2) is 11.7 Å². The quantitative estimate of drug-likeness (QED) is 0.396. The van der Waals surface area contributed by atoms with Gasteiger partial charge < -0.3 is 14.8 Å². The van der Waals surface area contributed by atoms with E-state index in [1.807, 2.05) is 6.07 Å². The number of methoxy groups -OCH3 is 1. The number of amides is 2. The summed E-state index contributed by atoms with van der Waals surface area (Å²) >= 11 is 7.24. The zero-order valence-electron chi connectivity index (χ0n) is 18.7. The summed E-state index contributed by atoms with van der Waals surface area (Å²) in [6, 6.07) is 14.8. The number of halogens is 1. The van der Waals surface area contributed by atoms with Crippen LogP contribution in [-0.4, -0.2) is 42.5 Å². The van der Waals surface area contributed by atoms with Crippen molar-refractivity contribution in [1.82, 2.24) is 10.3 Å². The molecule has 0 unspecified atom stereocenters. The molecule has 0 saturated heterocycles. The summed E-state index contributed by atoms with van der Waals surface area (Å²) in [5.74, 6) is -2.16. The van der Waals surface area contributed by atoms with E-state index in [0.717, 1.165) is 11.3 Å². The van der Waals surface area contributed by atoms with Crippen molar-refractivity contribution in [3.63, 3.8) is 0 Å². The highest BCUT2D eigenvalue weighted by molar-refractivity contribution is 7.13. The van der Waals surface area contributed by atoms with E-state index in [2.05, 4.69) is 20.4 Å². The fourth-order valence-corrected chi connectivity index (χ4v) is 3.96. The number of carbonyl (C=O) groups excluding carboxylic acids is 4. The number of ether oxygens (including phenoxy) is 2. The Balaban J connectivity index is 1.56. The molecule has 0 fully saturated rings. The molecule has 1 atom stereocenters. The zero-order chi connectivity index (χ0) is 25.2. The lowest BCUT2D eigenvalue weighted by atomic mass is 10.0. The van der Waals surface area contributed by atoms with Gasteiger partial charge in [0.2, 0.25) is 0 Å². The van der Waals surface area contributed by atoms with E-state index >= 15 is 0 Å². The highest BCUT2D eigenvalue weighted by Crippen LogP contribution is 2.21. The van der Waals surface area contributed by atoms with Crippen LogP contribution in [0, 0.1) is 0 Å². The first-order valence-electron chi connectivity index (χ1n) is 10.4. The van der Waals surface area contributed by atoms with Crippen molar-refractivity contribution >= 4 is 51.8 Å². The SMILES string of the molecule is COC(=O)Cc1csc(NC(=O)COC(=O)C[C@H](NC(=O)c2ccccc2Cl)c2ccccc2)n1. The van der Waals surface area contributed by atoms with E-state index in [9.17, 15) is 19.2 Å². The van der Waals surface area contributed by atoms with Gasteiger partial charge in [-0.2, -0.15) is 0 Å². The van der Waals surface area contributed by atoms with Crippen LogP contribution < -0.4 is 10.6 Å². The van der Waals surface area contributed by atoms with Gasteiger partial charge in [-0.3, -0.25) is 24.5 Å². The van der Waals surface area contributed by atoms with Crippen LogP contribution in [0.25, 0.3) is 0 Å². The molecule has 35 heavy (non-hydrogen) atoms. The normalized spacial score (nSPS) is 11.3. The van der Waals surface area contributed by atoms with Crippen molar-refractivity contribution in [2.24, 2.45) is 0 Å². The lowest BCUT2D eigenvalue weighted by Gasteiger charge is -2.19. The highest BCUT2D eigenvalue weighted by atomic mass is 35.5. The highest BCUT2D eigenvalue weighted by Gasteiger charge is 2.22. The van der Waals surface area contributed by atoms with Gasteiger partial charge in [-0.1, -0.05) is 54.1 Å². The Kier molecular flexibility index (Phi) is 9.33. The summed E-state index contributed by atoms with van der Waals surface area (Å²) in [4.78, 5) is 52.8. The van der Waals surface area contributed by atoms with Crippen LogP contribution >= 0.6 is 22.9 Å². The molecule has 0 aliphatic carbocycles. The topological polar surface area (TPSA) is 124 Å². The summed E-state index contributed by atoms with van der Waals surface area (Å²) < 4.78 is 9.68. The van der Waals surface area contributed by atoms with Crippen molar-refractivity contribution in [2.45, 2.75) is 18.9 Å². The second-order valence-corrected chi connectivity index (χ2v) is 8.49. The molecule has 2 amide bonds. The minimum absolute atomic E-state index is 0.0152. The number of hydrogen-bond acceptors (Lipinski definition) is 8. The van der Waals surface area contributed by atoms with Gasteiger partial charge in [0.05, 0.1) is 42.3 Å². The molecule has 0 bridgehead atoms. The number of nitrogens with one attached hydrogen (secondary N) is 2. The van der Waals surface area contributed by atoms with E-state index in [0.29, 0.717) is 11.3 Å². The molecule has 0 saturated carbocycles. The van der Waals surface area contributed by atoms with Crippen molar-refractivity contribution in [2.75, 3.05) is 19.0 Å². The number of rotatable bonds is 10. The first-order valence-corrected chi connectivity index (χ1v) is 11.7. The minimum atomic E-state index is -0.699. The summed E-state index contributed by atoms with van der Waals surface area (Å²) in [6.07, 6.45) is -0.216. The Morgan fingerprint density at radius 1 is 1.03 bits per heavy atom. The second-order valence-electron chi connectivity index (χ2n) is 7.23. The Morgan fingerprint density at radius 2 is 1.74 bits per heavy atom. The molecular weight excluding hydrogens is 494 g/mol. The molecule has 0 aliphatic rings. The van der Waals surface area contributed by atoms with Gasteiger partial charge >= 0.3 is 11.9 Å². The number of anilines is 1. The number of esters is 2. The standard InChI is InChI=1S/C24H22ClN3O6S/c1-33-21(30)11-16-14-35-24(26-16)28-20(29)13-34-22(31)12-19(15-7-3-2-4-8-15)27-23(32)17-9-5-6-10-18(17)25/h2-10,14,19H,11-13H2,1H3,(H,27,32)(H,26,28,29)/t19-/m0/s1. The smallest absolute Gasteiger partial charge is 0.311 e. The molecule has 1 aromatic heterocycles. The van der Waals surface area contributed by atoms with E-state index in [1.54, 1.807) is 53.9 Å². The van der Waals surface area contributed by atoms with Crippen LogP contribution in [0.5, 0.6) is 0 Å². The van der Waals surface area contributed by atoms with Crippen LogP contribution in [0.1, 0.15) is 34.1 Å². The third kappa shape index (κ3) is 7.90. The monoisotopic (exact) mass is 515 g/mol. The predicted molar refractivity (Wildman–Crippen MR) is 130 cm³/mol. The van der Waals surface area contributed by atoms with Crippen LogP contribution in [-0.2, 0) is 30.3 Å². The number of thiazole rings is 1. The second kappa shape index (κ2) is 12.6. The third-order valence-corrected chi connectivity index (χ3v) is 5.85. The largest absolute Gasteiger partial charge is 0.469 e. The lowest BCUT2D eigenvalue weighted by molar-refractivity contribution is -0.147. The summed E-state index contributed by atoms with van der Waals surface area (Å²) in [5.41, 5.74) is 1.42. The first-order chi connectivity index (χ1) is 16.9. The average Bonchev–Trinajstić information content (AvgIpc) is 3.29. The van der Waals surface area contributed by atoms with Crippen molar-refractivity contribution in [3.8, 4) is 0 Å². The molecule has 11 heteroatoms. The number of hydrogen-bond donors (Lipinski definition) is 2. The van der Waals surface area contributed by atoms with Crippen LogP contribution in [0.15, 0.2) is 60.0 Å². The van der Waals surface area contributed by atoms with Gasteiger partial charge in [0, 0.05) is 5.38 Å². The summed E-state index contributed by atoms with van der Waals surface area (Å²) in [6.45, 7) is -0.537. The Bertz CT molecular complexity index is 1200. The van der Waals surface area contributed by atoms with Gasteiger partial charge in [0.25, 0.3) is 11.8 Å². The fourth-order valence-electron chi connectivity index (χ4n) is 3.01. The van der Waals surface area contributed by atoms with E-state index in [4.69, 9.17) is 16.3 Å². The molecule has 0 spiro atoms. The Labute approximate surface area is 210 Å². The molecule has 3 aromatic rings. The minimum Gasteiger partial charge on any atom is -0.469 e. The van der Waals surface area contributed by atoms with E-state index in [-0.39, 0.29) is 28.6 Å². The number of aromatic nitrogens is 1. The number of benzene rings is 2. The van der Waals surface area contributed by atoms with E-state index < -0.39 is 36.4 Å². The number of nitrogens with zero attached hydrogens (tertiary/aromatic N) is 1. The molecular formula is C24H22ClN3O6S. The molecule has 2 aromatic carbocycles. The zero-order valence-corrected chi connectivity index (χ0v) is 20.2. The number of carbonyl (C=O) groups is 4. The third-order valence-electron chi connectivity index (χ3n) is 4.71. The van der Waals surface area contributed by atoms with Crippen LogP contribution in [0.2, 0.25) is 5.02 Å².